The summed E-state index contributed by atoms with van der Waals surface area (Å²) >= 11 is 0. The summed E-state index contributed by atoms with van der Waals surface area (Å²) in [6.07, 6.45) is 3.33. The second kappa shape index (κ2) is 8.33. The third kappa shape index (κ3) is 3.48. The highest BCUT2D eigenvalue weighted by atomic mass is 19.1. The van der Waals surface area contributed by atoms with Crippen LogP contribution in [0.5, 0.6) is 5.75 Å². The summed E-state index contributed by atoms with van der Waals surface area (Å²) in [4.78, 5) is 13.7. The van der Waals surface area contributed by atoms with Crippen molar-refractivity contribution in [1.82, 2.24) is 4.57 Å². The quantitative estimate of drug-likeness (QED) is 0.818. The Labute approximate surface area is 174 Å². The lowest BCUT2D eigenvalue weighted by molar-refractivity contribution is 0.0952. The molecule has 0 aliphatic carbocycles. The van der Waals surface area contributed by atoms with Crippen molar-refractivity contribution in [2.75, 3.05) is 6.61 Å². The molecule has 3 heterocycles. The monoisotopic (exact) mass is 409 g/mol. The predicted octanol–water partition coefficient (Wildman–Crippen LogP) is 3.34. The van der Waals surface area contributed by atoms with Gasteiger partial charge in [-0.3, -0.25) is 4.79 Å². The number of pyridine rings is 1. The van der Waals surface area contributed by atoms with Crippen LogP contribution in [0.3, 0.4) is 0 Å². The molecule has 1 aromatic heterocycles. The van der Waals surface area contributed by atoms with Gasteiger partial charge in [-0.15, -0.1) is 0 Å². The van der Waals surface area contributed by atoms with Gasteiger partial charge in [0.1, 0.15) is 23.2 Å². The van der Waals surface area contributed by atoms with Gasteiger partial charge in [0, 0.05) is 23.9 Å². The van der Waals surface area contributed by atoms with E-state index in [1.807, 2.05) is 13.0 Å². The molecule has 0 bridgehead atoms. The minimum absolute atomic E-state index is 0.0381. The van der Waals surface area contributed by atoms with E-state index >= 15 is 0 Å². The molecule has 2 N–H and O–H groups in total. The number of allylic oxidation sites excluding steroid dienone is 1. The van der Waals surface area contributed by atoms with Crippen LogP contribution in [-0.4, -0.2) is 17.3 Å². The number of nitrogens with zero attached hydrogens (tertiary/aromatic N) is 2. The second-order valence-corrected chi connectivity index (χ2v) is 7.66. The van der Waals surface area contributed by atoms with E-state index in [0.717, 1.165) is 25.0 Å². The molecule has 0 saturated carbocycles. The van der Waals surface area contributed by atoms with Gasteiger partial charge in [-0.25, -0.2) is 4.39 Å². The zero-order valence-corrected chi connectivity index (χ0v) is 16.9. The van der Waals surface area contributed by atoms with E-state index in [1.54, 1.807) is 28.8 Å². The topological polar surface area (TPSA) is 90.3 Å². The van der Waals surface area contributed by atoms with Crippen molar-refractivity contribution in [3.63, 3.8) is 0 Å². The molecule has 0 amide bonds. The standard InChI is InChI=1S/C23H24FN3O3/c1-2-6-14-11-19-21(23(28)27(14)13-15-7-5-10-29-15)20(17(12-25)22(26)30-19)16-8-3-4-9-18(16)24/h3-4,8-9,11,15,20H,2,5-7,10,13,26H2,1H3. The Morgan fingerprint density at radius 2 is 2.17 bits per heavy atom. The summed E-state index contributed by atoms with van der Waals surface area (Å²) in [6, 6.07) is 9.94. The lowest BCUT2D eigenvalue weighted by Crippen LogP contribution is -2.35. The third-order valence-corrected chi connectivity index (χ3v) is 5.70. The second-order valence-electron chi connectivity index (χ2n) is 7.66. The molecule has 156 valence electrons. The smallest absolute Gasteiger partial charge is 0.258 e. The first-order chi connectivity index (χ1) is 14.5. The molecule has 7 heteroatoms. The number of nitriles is 1. The van der Waals surface area contributed by atoms with Gasteiger partial charge in [-0.2, -0.15) is 5.26 Å². The lowest BCUT2D eigenvalue weighted by atomic mass is 9.83. The number of nitrogens with two attached hydrogens (primary N) is 1. The summed E-state index contributed by atoms with van der Waals surface area (Å²) in [6.45, 7) is 3.14. The lowest BCUT2D eigenvalue weighted by Gasteiger charge is -2.28. The number of fused-ring (bicyclic) bond motifs is 1. The Morgan fingerprint density at radius 3 is 2.83 bits per heavy atom. The largest absolute Gasteiger partial charge is 0.440 e. The highest BCUT2D eigenvalue weighted by molar-refractivity contribution is 5.55. The Balaban J connectivity index is 1.93. The minimum atomic E-state index is -0.918. The molecule has 0 spiro atoms. The maximum atomic E-state index is 14.7. The van der Waals surface area contributed by atoms with Gasteiger partial charge in [-0.05, 0) is 25.3 Å². The van der Waals surface area contributed by atoms with Crippen LogP contribution in [0.2, 0.25) is 0 Å². The van der Waals surface area contributed by atoms with E-state index < -0.39 is 11.7 Å². The molecule has 4 rings (SSSR count). The summed E-state index contributed by atoms with van der Waals surface area (Å²) in [5.41, 5.74) is 7.04. The van der Waals surface area contributed by atoms with Gasteiger partial charge in [-0.1, -0.05) is 31.5 Å². The first kappa shape index (κ1) is 20.2. The fraction of sp³-hybridized carbons (Fsp3) is 0.391. The van der Waals surface area contributed by atoms with Gasteiger partial charge in [0.2, 0.25) is 5.88 Å². The van der Waals surface area contributed by atoms with Crippen molar-refractivity contribution < 1.29 is 13.9 Å². The Morgan fingerprint density at radius 1 is 1.37 bits per heavy atom. The van der Waals surface area contributed by atoms with Gasteiger partial charge in [0.15, 0.2) is 0 Å². The summed E-state index contributed by atoms with van der Waals surface area (Å²) in [5.74, 6) is -1.23. The van der Waals surface area contributed by atoms with Crippen LogP contribution in [-0.2, 0) is 17.7 Å². The molecular weight excluding hydrogens is 385 g/mol. The first-order valence-corrected chi connectivity index (χ1v) is 10.2. The molecule has 30 heavy (non-hydrogen) atoms. The molecule has 2 unspecified atom stereocenters. The molecule has 2 aliphatic heterocycles. The average molecular weight is 409 g/mol. The van der Waals surface area contributed by atoms with Crippen LogP contribution in [0, 0.1) is 17.1 Å². The highest BCUT2D eigenvalue weighted by Gasteiger charge is 2.36. The number of ether oxygens (including phenoxy) is 2. The molecule has 1 saturated heterocycles. The molecule has 6 nitrogen and oxygen atoms in total. The maximum Gasteiger partial charge on any atom is 0.258 e. The van der Waals surface area contributed by atoms with Crippen molar-refractivity contribution in [3.05, 3.63) is 74.8 Å². The highest BCUT2D eigenvalue weighted by Crippen LogP contribution is 2.41. The van der Waals surface area contributed by atoms with Crippen molar-refractivity contribution in [2.45, 2.75) is 51.2 Å². The Hall–Kier alpha value is -3.11. The van der Waals surface area contributed by atoms with Crippen LogP contribution in [0.4, 0.5) is 4.39 Å². The van der Waals surface area contributed by atoms with Gasteiger partial charge < -0.3 is 19.8 Å². The number of hydrogen-bond donors (Lipinski definition) is 1. The van der Waals surface area contributed by atoms with Crippen molar-refractivity contribution in [3.8, 4) is 11.8 Å². The molecule has 2 aromatic rings. The van der Waals surface area contributed by atoms with E-state index in [1.165, 1.54) is 6.07 Å². The number of aryl methyl sites for hydroxylation is 1. The summed E-state index contributed by atoms with van der Waals surface area (Å²) in [5, 5.41) is 9.72. The molecule has 0 radical (unpaired) electrons. The number of halogens is 1. The Bertz CT molecular complexity index is 1090. The number of aromatic nitrogens is 1. The van der Waals surface area contributed by atoms with Crippen LogP contribution >= 0.6 is 0 Å². The van der Waals surface area contributed by atoms with E-state index in [2.05, 4.69) is 0 Å². The normalized spacial score (nSPS) is 20.6. The maximum absolute atomic E-state index is 14.7. The van der Waals surface area contributed by atoms with Gasteiger partial charge >= 0.3 is 0 Å². The van der Waals surface area contributed by atoms with E-state index in [0.29, 0.717) is 19.6 Å². The van der Waals surface area contributed by atoms with Gasteiger partial charge in [0.05, 0.1) is 24.1 Å². The fourth-order valence-electron chi connectivity index (χ4n) is 4.29. The Kier molecular flexibility index (Phi) is 5.60. The zero-order chi connectivity index (χ0) is 21.3. The third-order valence-electron chi connectivity index (χ3n) is 5.70. The molecular formula is C23H24FN3O3. The summed E-state index contributed by atoms with van der Waals surface area (Å²) < 4.78 is 27.9. The van der Waals surface area contributed by atoms with Crippen molar-refractivity contribution in [1.29, 1.82) is 5.26 Å². The molecule has 1 aromatic carbocycles. The average Bonchev–Trinajstić information content (AvgIpc) is 3.24. The van der Waals surface area contributed by atoms with E-state index in [4.69, 9.17) is 15.2 Å². The zero-order valence-electron chi connectivity index (χ0n) is 16.9. The van der Waals surface area contributed by atoms with Crippen LogP contribution in [0.1, 0.15) is 48.9 Å². The number of rotatable bonds is 5. The van der Waals surface area contributed by atoms with E-state index in [9.17, 15) is 14.4 Å². The molecule has 2 aliphatic rings. The fourth-order valence-corrected chi connectivity index (χ4v) is 4.29. The van der Waals surface area contributed by atoms with E-state index in [-0.39, 0.29) is 40.0 Å². The van der Waals surface area contributed by atoms with Crippen molar-refractivity contribution in [2.24, 2.45) is 5.73 Å². The summed E-state index contributed by atoms with van der Waals surface area (Å²) in [7, 11) is 0. The van der Waals surface area contributed by atoms with Crippen LogP contribution in [0.15, 0.2) is 46.6 Å². The predicted molar refractivity (Wildman–Crippen MR) is 109 cm³/mol. The number of hydrogen-bond acceptors (Lipinski definition) is 5. The number of benzene rings is 1. The van der Waals surface area contributed by atoms with Crippen LogP contribution in [0.25, 0.3) is 0 Å². The van der Waals surface area contributed by atoms with Crippen molar-refractivity contribution >= 4 is 0 Å². The first-order valence-electron chi connectivity index (χ1n) is 10.2. The van der Waals surface area contributed by atoms with Gasteiger partial charge in [0.25, 0.3) is 5.56 Å². The minimum Gasteiger partial charge on any atom is -0.440 e. The molecule has 2 atom stereocenters. The van der Waals surface area contributed by atoms with Crippen LogP contribution < -0.4 is 16.0 Å². The SMILES string of the molecule is CCCc1cc2c(c(=O)n1CC1CCCO1)C(c1ccccc1F)C(C#N)=C(N)O2. The molecule has 1 fully saturated rings.